The molecule has 5 nitrogen and oxygen atoms in total. The lowest BCUT2D eigenvalue weighted by Gasteiger charge is -2.20. The van der Waals surface area contributed by atoms with Crippen LogP contribution in [0.1, 0.15) is 55.5 Å². The summed E-state index contributed by atoms with van der Waals surface area (Å²) < 4.78 is 1.89. The van der Waals surface area contributed by atoms with Crippen molar-refractivity contribution in [3.63, 3.8) is 0 Å². The van der Waals surface area contributed by atoms with Crippen molar-refractivity contribution in [1.82, 2.24) is 14.7 Å². The molecule has 0 unspecified atom stereocenters. The van der Waals surface area contributed by atoms with E-state index in [1.54, 1.807) is 0 Å². The smallest absolute Gasteiger partial charge is 0.222 e. The van der Waals surface area contributed by atoms with Crippen molar-refractivity contribution in [2.24, 2.45) is 0 Å². The number of rotatable bonds is 5. The molecule has 0 N–H and O–H groups in total. The fourth-order valence-corrected chi connectivity index (χ4v) is 3.18. The number of likely N-dealkylation sites (tertiary alicyclic amines) is 1. The first-order valence-electron chi connectivity index (χ1n) is 8.31. The highest BCUT2D eigenvalue weighted by molar-refractivity contribution is 5.76. The van der Waals surface area contributed by atoms with Gasteiger partial charge in [0.15, 0.2) is 0 Å². The number of carbonyl (C=O) groups is 1. The van der Waals surface area contributed by atoms with Crippen LogP contribution in [0.25, 0.3) is 0 Å². The van der Waals surface area contributed by atoms with Crippen molar-refractivity contribution >= 4 is 5.91 Å². The second-order valence-corrected chi connectivity index (χ2v) is 6.08. The summed E-state index contributed by atoms with van der Waals surface area (Å²) in [5.41, 5.74) is 3.25. The van der Waals surface area contributed by atoms with Crippen LogP contribution in [0.2, 0.25) is 0 Å². The van der Waals surface area contributed by atoms with Gasteiger partial charge in [-0.05, 0) is 38.7 Å². The Morgan fingerprint density at radius 1 is 1.23 bits per heavy atom. The Morgan fingerprint density at radius 3 is 2.55 bits per heavy atom. The van der Waals surface area contributed by atoms with E-state index in [2.05, 4.69) is 11.2 Å². The van der Waals surface area contributed by atoms with Crippen molar-refractivity contribution in [3.05, 3.63) is 17.0 Å². The van der Waals surface area contributed by atoms with Crippen molar-refractivity contribution in [1.29, 1.82) is 5.26 Å². The molecule has 1 amide bonds. The maximum Gasteiger partial charge on any atom is 0.222 e. The van der Waals surface area contributed by atoms with Crippen LogP contribution in [0.3, 0.4) is 0 Å². The first-order chi connectivity index (χ1) is 10.6. The Kier molecular flexibility index (Phi) is 6.00. The highest BCUT2D eigenvalue weighted by atomic mass is 16.2. The first-order valence-corrected chi connectivity index (χ1v) is 8.31. The van der Waals surface area contributed by atoms with Gasteiger partial charge in [-0.25, -0.2) is 0 Å². The predicted molar refractivity (Wildman–Crippen MR) is 85.3 cm³/mol. The SMILES string of the molecule is Cc1nn(CCC#N)c(C)c1CCC(=O)N1CCCCCC1. The summed E-state index contributed by atoms with van der Waals surface area (Å²) in [6.45, 7) is 6.48. The summed E-state index contributed by atoms with van der Waals surface area (Å²) in [5.74, 6) is 0.269. The summed E-state index contributed by atoms with van der Waals surface area (Å²) in [5, 5.41) is 13.2. The molecule has 0 spiro atoms. The van der Waals surface area contributed by atoms with Gasteiger partial charge in [-0.1, -0.05) is 12.8 Å². The molecule has 0 aliphatic carbocycles. The van der Waals surface area contributed by atoms with Gasteiger partial charge in [0.05, 0.1) is 24.7 Å². The summed E-state index contributed by atoms with van der Waals surface area (Å²) in [4.78, 5) is 14.4. The lowest BCUT2D eigenvalue weighted by molar-refractivity contribution is -0.131. The lowest BCUT2D eigenvalue weighted by atomic mass is 10.1. The second kappa shape index (κ2) is 7.98. The number of aryl methyl sites for hydroxylation is 2. The van der Waals surface area contributed by atoms with Gasteiger partial charge in [0.1, 0.15) is 0 Å². The molecule has 1 aliphatic rings. The third-order valence-electron chi connectivity index (χ3n) is 4.51. The highest BCUT2D eigenvalue weighted by Crippen LogP contribution is 2.17. The van der Waals surface area contributed by atoms with Crippen LogP contribution in [0.5, 0.6) is 0 Å². The van der Waals surface area contributed by atoms with Crippen molar-refractivity contribution < 1.29 is 4.79 Å². The first kappa shape index (κ1) is 16.5. The number of hydrogen-bond acceptors (Lipinski definition) is 3. The molecule has 0 saturated carbocycles. The monoisotopic (exact) mass is 302 g/mol. The van der Waals surface area contributed by atoms with E-state index >= 15 is 0 Å². The Morgan fingerprint density at radius 2 is 1.91 bits per heavy atom. The Hall–Kier alpha value is -1.83. The zero-order chi connectivity index (χ0) is 15.9. The Labute approximate surface area is 132 Å². The van der Waals surface area contributed by atoms with Crippen LogP contribution in [0.4, 0.5) is 0 Å². The average molecular weight is 302 g/mol. The molecule has 2 rings (SSSR count). The minimum absolute atomic E-state index is 0.269. The fourth-order valence-electron chi connectivity index (χ4n) is 3.18. The maximum absolute atomic E-state index is 12.4. The van der Waals surface area contributed by atoms with Crippen molar-refractivity contribution in [2.75, 3.05) is 13.1 Å². The topological polar surface area (TPSA) is 61.9 Å². The number of nitrogens with zero attached hydrogens (tertiary/aromatic N) is 4. The predicted octanol–water partition coefficient (Wildman–Crippen LogP) is 2.75. The summed E-state index contributed by atoms with van der Waals surface area (Å²) in [6, 6.07) is 2.15. The molecule has 1 aliphatic heterocycles. The van der Waals surface area contributed by atoms with Crippen LogP contribution in [0.15, 0.2) is 0 Å². The van der Waals surface area contributed by atoms with Gasteiger partial charge in [-0.3, -0.25) is 9.48 Å². The maximum atomic E-state index is 12.4. The van der Waals surface area contributed by atoms with Gasteiger partial charge in [0.25, 0.3) is 0 Å². The Balaban J connectivity index is 1.94. The van der Waals surface area contributed by atoms with Crippen LogP contribution >= 0.6 is 0 Å². The zero-order valence-corrected chi connectivity index (χ0v) is 13.8. The number of aromatic nitrogens is 2. The molecule has 22 heavy (non-hydrogen) atoms. The molecular weight excluding hydrogens is 276 g/mol. The quantitative estimate of drug-likeness (QED) is 0.840. The second-order valence-electron chi connectivity index (χ2n) is 6.08. The third-order valence-corrected chi connectivity index (χ3v) is 4.51. The van der Waals surface area contributed by atoms with E-state index in [1.165, 1.54) is 18.4 Å². The van der Waals surface area contributed by atoms with Crippen LogP contribution < -0.4 is 0 Å². The number of carbonyl (C=O) groups excluding carboxylic acids is 1. The van der Waals surface area contributed by atoms with E-state index in [-0.39, 0.29) is 5.91 Å². The van der Waals surface area contributed by atoms with E-state index in [4.69, 9.17) is 5.26 Å². The van der Waals surface area contributed by atoms with Crippen molar-refractivity contribution in [3.8, 4) is 6.07 Å². The van der Waals surface area contributed by atoms with Gasteiger partial charge >= 0.3 is 0 Å². The van der Waals surface area contributed by atoms with E-state index in [0.717, 1.165) is 43.7 Å². The summed E-state index contributed by atoms with van der Waals surface area (Å²) in [6.07, 6.45) is 6.53. The normalized spacial score (nSPS) is 15.4. The average Bonchev–Trinajstić information content (AvgIpc) is 2.72. The molecule has 5 heteroatoms. The number of amides is 1. The van der Waals surface area contributed by atoms with Crippen LogP contribution in [0, 0.1) is 25.2 Å². The van der Waals surface area contributed by atoms with Crippen molar-refractivity contribution in [2.45, 2.75) is 65.3 Å². The van der Waals surface area contributed by atoms with E-state index < -0.39 is 0 Å². The largest absolute Gasteiger partial charge is 0.343 e. The zero-order valence-electron chi connectivity index (χ0n) is 13.8. The molecule has 1 fully saturated rings. The molecule has 1 saturated heterocycles. The van der Waals surface area contributed by atoms with Gasteiger partial charge in [-0.15, -0.1) is 0 Å². The van der Waals surface area contributed by atoms with E-state index in [0.29, 0.717) is 19.4 Å². The molecule has 2 heterocycles. The molecule has 0 bridgehead atoms. The minimum atomic E-state index is 0.269. The minimum Gasteiger partial charge on any atom is -0.343 e. The summed E-state index contributed by atoms with van der Waals surface area (Å²) >= 11 is 0. The van der Waals surface area contributed by atoms with Gasteiger partial charge in [-0.2, -0.15) is 10.4 Å². The lowest BCUT2D eigenvalue weighted by Crippen LogP contribution is -2.32. The molecule has 1 aromatic rings. The summed E-state index contributed by atoms with van der Waals surface area (Å²) in [7, 11) is 0. The fraction of sp³-hybridized carbons (Fsp3) is 0.706. The molecule has 0 atom stereocenters. The van der Waals surface area contributed by atoms with Crippen LogP contribution in [-0.2, 0) is 17.8 Å². The van der Waals surface area contributed by atoms with E-state index in [9.17, 15) is 4.79 Å². The highest BCUT2D eigenvalue weighted by Gasteiger charge is 2.17. The molecule has 120 valence electrons. The van der Waals surface area contributed by atoms with Crippen LogP contribution in [-0.4, -0.2) is 33.7 Å². The molecular formula is C17H26N4O. The van der Waals surface area contributed by atoms with Gasteiger partial charge in [0.2, 0.25) is 5.91 Å². The molecule has 1 aromatic heterocycles. The van der Waals surface area contributed by atoms with Gasteiger partial charge < -0.3 is 4.90 Å². The molecule has 0 radical (unpaired) electrons. The standard InChI is InChI=1S/C17H26N4O/c1-14-16(15(2)21(19-14)13-7-10-18)8-9-17(22)20-11-5-3-4-6-12-20/h3-9,11-13H2,1-2H3. The molecule has 0 aromatic carbocycles. The Bertz CT molecular complexity index is 548. The third kappa shape index (κ3) is 4.09. The van der Waals surface area contributed by atoms with Gasteiger partial charge in [0, 0.05) is 25.2 Å². The number of hydrogen-bond donors (Lipinski definition) is 0. The number of nitriles is 1. The van der Waals surface area contributed by atoms with E-state index in [1.807, 2.05) is 23.4 Å².